The molecule has 3 rings (SSSR count). The largest absolute Gasteiger partial charge is 0.315 e. The van der Waals surface area contributed by atoms with E-state index in [-0.39, 0.29) is 11.2 Å². The number of hydrogen-bond acceptors (Lipinski definition) is 2. The van der Waals surface area contributed by atoms with Crippen LogP contribution >= 0.6 is 23.5 Å². The summed E-state index contributed by atoms with van der Waals surface area (Å²) in [4.78, 5) is 0.869. The van der Waals surface area contributed by atoms with Gasteiger partial charge in [-0.15, -0.1) is 11.6 Å². The molecular weight excluding hydrogens is 269 g/mol. The van der Waals surface area contributed by atoms with E-state index in [9.17, 15) is 4.39 Å². The fourth-order valence-corrected chi connectivity index (χ4v) is 3.61. The van der Waals surface area contributed by atoms with Gasteiger partial charge in [-0.25, -0.2) is 4.39 Å². The monoisotopic (exact) mass is 279 g/mol. The van der Waals surface area contributed by atoms with Gasteiger partial charge in [0, 0.05) is 11.9 Å². The number of halogens is 2. The van der Waals surface area contributed by atoms with Gasteiger partial charge in [-0.3, -0.25) is 0 Å². The maximum absolute atomic E-state index is 13.3. The van der Waals surface area contributed by atoms with E-state index in [1.165, 1.54) is 24.1 Å². The fourth-order valence-electron chi connectivity index (χ4n) is 2.15. The quantitative estimate of drug-likeness (QED) is 0.512. The molecule has 0 spiro atoms. The van der Waals surface area contributed by atoms with Crippen molar-refractivity contribution < 1.29 is 4.39 Å². The minimum atomic E-state index is -0.241. The Morgan fingerprint density at radius 1 is 1.17 bits per heavy atom. The lowest BCUT2D eigenvalue weighted by Crippen LogP contribution is -2.06. The molecule has 1 atom stereocenters. The van der Waals surface area contributed by atoms with E-state index in [1.54, 1.807) is 6.07 Å². The summed E-state index contributed by atoms with van der Waals surface area (Å²) in [7, 11) is 1.97. The third-order valence-electron chi connectivity index (χ3n) is 3.03. The summed E-state index contributed by atoms with van der Waals surface area (Å²) in [6, 6.07) is 12.8. The molecule has 0 aromatic heterocycles. The summed E-state index contributed by atoms with van der Waals surface area (Å²) < 4.78 is 15.4. The van der Waals surface area contributed by atoms with Gasteiger partial charge < -0.3 is 4.31 Å². The molecule has 1 nitrogen and oxygen atoms in total. The molecular formula is C14H11ClFNS. The van der Waals surface area contributed by atoms with Gasteiger partial charge in [0.2, 0.25) is 0 Å². The van der Waals surface area contributed by atoms with Crippen molar-refractivity contribution in [1.82, 2.24) is 0 Å². The van der Waals surface area contributed by atoms with Crippen molar-refractivity contribution in [2.24, 2.45) is 0 Å². The summed E-state index contributed by atoms with van der Waals surface area (Å²) in [5.74, 6) is -0.232. The molecule has 0 radical (unpaired) electrons. The Hall–Kier alpha value is -1.19. The first-order valence-corrected chi connectivity index (χ1v) is 6.82. The molecule has 1 aliphatic heterocycles. The van der Waals surface area contributed by atoms with Crippen LogP contribution in [-0.4, -0.2) is 7.05 Å². The topological polar surface area (TPSA) is 3.24 Å². The maximum Gasteiger partial charge on any atom is 0.124 e. The van der Waals surface area contributed by atoms with Gasteiger partial charge in [0.25, 0.3) is 0 Å². The molecule has 0 N–H and O–H groups in total. The van der Waals surface area contributed by atoms with Crippen LogP contribution in [0.25, 0.3) is 0 Å². The zero-order valence-corrected chi connectivity index (χ0v) is 11.3. The highest BCUT2D eigenvalue weighted by Crippen LogP contribution is 2.45. The van der Waals surface area contributed by atoms with Crippen LogP contribution in [-0.2, 0) is 0 Å². The second-order valence-corrected chi connectivity index (χ2v) is 5.80. The minimum absolute atomic E-state index is 0.232. The summed E-state index contributed by atoms with van der Waals surface area (Å²) in [6.07, 6.45) is 0. The lowest BCUT2D eigenvalue weighted by Gasteiger charge is -2.18. The second-order valence-electron chi connectivity index (χ2n) is 4.19. The number of benzene rings is 2. The van der Waals surface area contributed by atoms with Crippen LogP contribution in [0.5, 0.6) is 0 Å². The Labute approximate surface area is 115 Å². The van der Waals surface area contributed by atoms with Gasteiger partial charge >= 0.3 is 0 Å². The number of anilines is 1. The number of rotatable bonds is 0. The molecule has 92 valence electrons. The maximum atomic E-state index is 13.3. The third kappa shape index (κ3) is 1.88. The first-order valence-electron chi connectivity index (χ1n) is 5.61. The van der Waals surface area contributed by atoms with E-state index in [4.69, 9.17) is 11.6 Å². The van der Waals surface area contributed by atoms with Crippen molar-refractivity contribution in [2.75, 3.05) is 11.4 Å². The Morgan fingerprint density at radius 3 is 2.78 bits per heavy atom. The normalized spacial score (nSPS) is 17.9. The van der Waals surface area contributed by atoms with Gasteiger partial charge in [-0.1, -0.05) is 24.3 Å². The average molecular weight is 280 g/mol. The zero-order chi connectivity index (χ0) is 12.7. The molecule has 4 heteroatoms. The van der Waals surface area contributed by atoms with Crippen molar-refractivity contribution in [3.05, 3.63) is 59.4 Å². The lowest BCUT2D eigenvalue weighted by atomic mass is 10.0. The smallest absolute Gasteiger partial charge is 0.124 e. The highest BCUT2D eigenvalue weighted by Gasteiger charge is 2.24. The Kier molecular flexibility index (Phi) is 2.96. The highest BCUT2D eigenvalue weighted by molar-refractivity contribution is 8.00. The number of hydrogen-bond donors (Lipinski definition) is 0. The number of para-hydroxylation sites is 1. The molecule has 18 heavy (non-hydrogen) atoms. The van der Waals surface area contributed by atoms with E-state index in [0.29, 0.717) is 0 Å². The van der Waals surface area contributed by atoms with E-state index in [2.05, 4.69) is 0 Å². The van der Waals surface area contributed by atoms with Crippen molar-refractivity contribution >= 4 is 29.2 Å². The van der Waals surface area contributed by atoms with Crippen LogP contribution in [0, 0.1) is 5.82 Å². The summed E-state index contributed by atoms with van der Waals surface area (Å²) in [6.45, 7) is 0. The molecule has 1 unspecified atom stereocenters. The zero-order valence-electron chi connectivity index (χ0n) is 9.73. The fraction of sp³-hybridized carbons (Fsp3) is 0.143. The number of nitrogens with zero attached hydrogens (tertiary/aromatic N) is 1. The Morgan fingerprint density at radius 2 is 1.94 bits per heavy atom. The van der Waals surface area contributed by atoms with Crippen molar-refractivity contribution in [3.63, 3.8) is 0 Å². The van der Waals surface area contributed by atoms with Crippen LogP contribution in [0.2, 0.25) is 0 Å². The Bertz CT molecular complexity index is 602. The van der Waals surface area contributed by atoms with E-state index < -0.39 is 0 Å². The predicted octanol–water partition coefficient (Wildman–Crippen LogP) is 4.61. The molecule has 0 saturated carbocycles. The van der Waals surface area contributed by atoms with Crippen molar-refractivity contribution in [2.45, 2.75) is 10.3 Å². The molecule has 1 aliphatic rings. The van der Waals surface area contributed by atoms with E-state index in [0.717, 1.165) is 21.7 Å². The van der Waals surface area contributed by atoms with Crippen LogP contribution in [0.15, 0.2) is 47.4 Å². The van der Waals surface area contributed by atoms with Gasteiger partial charge in [0.1, 0.15) is 5.82 Å². The summed E-state index contributed by atoms with van der Waals surface area (Å²) in [5, 5.41) is -0.241. The SMILES string of the molecule is CN1Sc2cc(F)ccc2C(Cl)c2ccccc21. The average Bonchev–Trinajstić information content (AvgIpc) is 2.47. The Balaban J connectivity index is 2.21. The van der Waals surface area contributed by atoms with Gasteiger partial charge in [-0.2, -0.15) is 0 Å². The van der Waals surface area contributed by atoms with Crippen LogP contribution in [0.3, 0.4) is 0 Å². The van der Waals surface area contributed by atoms with Gasteiger partial charge in [0.05, 0.1) is 11.1 Å². The molecule has 2 aromatic carbocycles. The van der Waals surface area contributed by atoms with Crippen LogP contribution < -0.4 is 4.31 Å². The van der Waals surface area contributed by atoms with Crippen LogP contribution in [0.4, 0.5) is 10.1 Å². The summed E-state index contributed by atoms with van der Waals surface area (Å²) in [5.41, 5.74) is 3.08. The molecule has 0 saturated heterocycles. The molecule has 0 fully saturated rings. The number of alkyl halides is 1. The summed E-state index contributed by atoms with van der Waals surface area (Å²) >= 11 is 8.04. The van der Waals surface area contributed by atoms with Crippen molar-refractivity contribution in [3.8, 4) is 0 Å². The minimum Gasteiger partial charge on any atom is -0.315 e. The van der Waals surface area contributed by atoms with E-state index >= 15 is 0 Å². The second kappa shape index (κ2) is 4.48. The molecule has 1 heterocycles. The third-order valence-corrected chi connectivity index (χ3v) is 4.52. The highest BCUT2D eigenvalue weighted by atomic mass is 35.5. The molecule has 2 aromatic rings. The molecule has 0 aliphatic carbocycles. The first kappa shape index (κ1) is 11.9. The molecule has 0 amide bonds. The lowest BCUT2D eigenvalue weighted by molar-refractivity contribution is 0.623. The van der Waals surface area contributed by atoms with Gasteiger partial charge in [0.15, 0.2) is 0 Å². The predicted molar refractivity (Wildman–Crippen MR) is 74.8 cm³/mol. The van der Waals surface area contributed by atoms with Gasteiger partial charge in [-0.05, 0) is 41.3 Å². The molecule has 0 bridgehead atoms. The first-order chi connectivity index (χ1) is 8.66. The van der Waals surface area contributed by atoms with Crippen molar-refractivity contribution in [1.29, 1.82) is 0 Å². The standard InChI is InChI=1S/C14H11ClFNS/c1-17-12-5-3-2-4-10(12)14(15)11-7-6-9(16)8-13(11)18-17/h2-8,14H,1H3. The van der Waals surface area contributed by atoms with Crippen LogP contribution in [0.1, 0.15) is 16.5 Å². The number of fused-ring (bicyclic) bond motifs is 2. The van der Waals surface area contributed by atoms with E-state index in [1.807, 2.05) is 35.6 Å².